The summed E-state index contributed by atoms with van der Waals surface area (Å²) in [5, 5.41) is 9.52. The number of aliphatic carboxylic acids is 1. The molecule has 0 saturated carbocycles. The summed E-state index contributed by atoms with van der Waals surface area (Å²) in [5.41, 5.74) is 6.94. The first-order valence-electron chi connectivity index (χ1n) is 7.91. The van der Waals surface area contributed by atoms with Gasteiger partial charge in [0, 0.05) is 13.1 Å². The van der Waals surface area contributed by atoms with Gasteiger partial charge in [-0.2, -0.15) is 0 Å². The molecule has 122 valence electrons. The van der Waals surface area contributed by atoms with E-state index in [1.54, 1.807) is 7.11 Å². The minimum Gasteiger partial charge on any atom is -0.497 e. The van der Waals surface area contributed by atoms with Gasteiger partial charge in [-0.25, -0.2) is 0 Å². The fourth-order valence-electron chi connectivity index (χ4n) is 3.39. The highest BCUT2D eigenvalue weighted by Gasteiger charge is 2.44. The first kappa shape index (κ1) is 16.8. The minimum atomic E-state index is -0.799. The molecule has 1 aromatic carbocycles. The van der Waals surface area contributed by atoms with E-state index >= 15 is 0 Å². The van der Waals surface area contributed by atoms with Crippen LogP contribution in [0.4, 0.5) is 0 Å². The summed E-state index contributed by atoms with van der Waals surface area (Å²) in [6, 6.07) is 7.86. The number of carboxylic acid groups (broad SMARTS) is 1. The Labute approximate surface area is 132 Å². The van der Waals surface area contributed by atoms with Crippen LogP contribution >= 0.6 is 0 Å². The molecule has 0 radical (unpaired) electrons. The van der Waals surface area contributed by atoms with Gasteiger partial charge >= 0.3 is 5.97 Å². The van der Waals surface area contributed by atoms with Gasteiger partial charge in [-0.05, 0) is 43.4 Å². The molecule has 22 heavy (non-hydrogen) atoms. The lowest BCUT2D eigenvalue weighted by Gasteiger charge is -2.47. The Morgan fingerprint density at radius 3 is 2.64 bits per heavy atom. The predicted octanol–water partition coefficient (Wildman–Crippen LogP) is 2.45. The molecule has 0 aromatic heterocycles. The third-order valence-electron chi connectivity index (χ3n) is 4.69. The molecule has 1 heterocycles. The highest BCUT2D eigenvalue weighted by atomic mass is 16.5. The number of methoxy groups -OCH3 is 1. The molecule has 2 unspecified atom stereocenters. The highest BCUT2D eigenvalue weighted by molar-refractivity contribution is 5.71. The average Bonchev–Trinajstić information content (AvgIpc) is 2.50. The highest BCUT2D eigenvalue weighted by Crippen LogP contribution is 2.33. The van der Waals surface area contributed by atoms with Crippen molar-refractivity contribution in [3.05, 3.63) is 29.8 Å². The molecule has 2 rings (SSSR count). The van der Waals surface area contributed by atoms with Gasteiger partial charge in [-0.3, -0.25) is 9.69 Å². The van der Waals surface area contributed by atoms with E-state index in [0.29, 0.717) is 13.0 Å². The number of hydrogen-bond donors (Lipinski definition) is 2. The molecule has 3 N–H and O–H groups in total. The summed E-state index contributed by atoms with van der Waals surface area (Å²) in [5.74, 6) is -0.518. The Balaban J connectivity index is 2.19. The molecule has 2 atom stereocenters. The van der Waals surface area contributed by atoms with Crippen LogP contribution in [-0.4, -0.2) is 35.3 Å². The van der Waals surface area contributed by atoms with Crippen LogP contribution < -0.4 is 10.5 Å². The summed E-state index contributed by atoms with van der Waals surface area (Å²) < 4.78 is 5.17. The van der Waals surface area contributed by atoms with Crippen LogP contribution in [-0.2, 0) is 11.3 Å². The van der Waals surface area contributed by atoms with E-state index in [1.165, 1.54) is 0 Å². The largest absolute Gasteiger partial charge is 0.497 e. The molecule has 1 aliphatic rings. The fourth-order valence-corrected chi connectivity index (χ4v) is 3.39. The minimum absolute atomic E-state index is 0.536. The normalized spacial score (nSPS) is 24.0. The SMILES string of the molecule is CCC(C(=O)O)C1(N)CCCCN1Cc1ccc(OC)cc1. The van der Waals surface area contributed by atoms with E-state index in [-0.39, 0.29) is 0 Å². The second-order valence-corrected chi connectivity index (χ2v) is 6.02. The van der Waals surface area contributed by atoms with Crippen LogP contribution in [0.25, 0.3) is 0 Å². The van der Waals surface area contributed by atoms with Gasteiger partial charge in [0.2, 0.25) is 0 Å². The Morgan fingerprint density at radius 2 is 2.09 bits per heavy atom. The van der Waals surface area contributed by atoms with Crippen LogP contribution in [0.5, 0.6) is 5.75 Å². The lowest BCUT2D eigenvalue weighted by molar-refractivity contribution is -0.150. The van der Waals surface area contributed by atoms with Gasteiger partial charge in [-0.15, -0.1) is 0 Å². The molecule has 0 aliphatic carbocycles. The molecule has 1 saturated heterocycles. The number of benzene rings is 1. The number of likely N-dealkylation sites (tertiary alicyclic amines) is 1. The maximum absolute atomic E-state index is 11.6. The Morgan fingerprint density at radius 1 is 1.41 bits per heavy atom. The first-order chi connectivity index (χ1) is 10.5. The standard InChI is InChI=1S/C17H26N2O3/c1-3-15(16(20)21)17(18)10-4-5-11-19(17)12-13-6-8-14(22-2)9-7-13/h6-9,15H,3-5,10-12,18H2,1-2H3,(H,20,21). The molecule has 0 bridgehead atoms. The lowest BCUT2D eigenvalue weighted by atomic mass is 9.82. The van der Waals surface area contributed by atoms with Crippen LogP contribution in [0.2, 0.25) is 0 Å². The van der Waals surface area contributed by atoms with E-state index in [2.05, 4.69) is 4.90 Å². The summed E-state index contributed by atoms with van der Waals surface area (Å²) in [4.78, 5) is 13.7. The Hall–Kier alpha value is -1.59. The molecule has 1 aromatic rings. The van der Waals surface area contributed by atoms with Crippen molar-refractivity contribution < 1.29 is 14.6 Å². The molecule has 1 fully saturated rings. The number of rotatable bonds is 6. The molecule has 1 aliphatic heterocycles. The number of ether oxygens (including phenoxy) is 1. The van der Waals surface area contributed by atoms with Gasteiger partial charge in [-0.1, -0.05) is 19.1 Å². The van der Waals surface area contributed by atoms with Gasteiger partial charge in [0.25, 0.3) is 0 Å². The molecule has 0 spiro atoms. The average molecular weight is 306 g/mol. The van der Waals surface area contributed by atoms with Crippen molar-refractivity contribution in [3.8, 4) is 5.75 Å². The monoisotopic (exact) mass is 306 g/mol. The third kappa shape index (κ3) is 3.42. The quantitative estimate of drug-likeness (QED) is 0.844. The smallest absolute Gasteiger partial charge is 0.309 e. The third-order valence-corrected chi connectivity index (χ3v) is 4.69. The molecule has 5 nitrogen and oxygen atoms in total. The maximum Gasteiger partial charge on any atom is 0.309 e. The predicted molar refractivity (Wildman–Crippen MR) is 85.6 cm³/mol. The Bertz CT molecular complexity index is 503. The van der Waals surface area contributed by atoms with Gasteiger partial charge in [0.05, 0.1) is 18.7 Å². The number of hydrogen-bond acceptors (Lipinski definition) is 4. The van der Waals surface area contributed by atoms with Crippen LogP contribution in [0.3, 0.4) is 0 Å². The van der Waals surface area contributed by atoms with Gasteiger partial charge < -0.3 is 15.6 Å². The van der Waals surface area contributed by atoms with E-state index in [1.807, 2.05) is 31.2 Å². The fraction of sp³-hybridized carbons (Fsp3) is 0.588. The lowest BCUT2D eigenvalue weighted by Crippen LogP contribution is -2.64. The zero-order valence-corrected chi connectivity index (χ0v) is 13.4. The summed E-state index contributed by atoms with van der Waals surface area (Å²) in [6.45, 7) is 3.41. The summed E-state index contributed by atoms with van der Waals surface area (Å²) >= 11 is 0. The van der Waals surface area contributed by atoms with Crippen molar-refractivity contribution in [1.82, 2.24) is 4.90 Å². The van der Waals surface area contributed by atoms with Crippen molar-refractivity contribution in [3.63, 3.8) is 0 Å². The number of nitrogens with zero attached hydrogens (tertiary/aromatic N) is 1. The van der Waals surface area contributed by atoms with Crippen molar-refractivity contribution in [2.75, 3.05) is 13.7 Å². The summed E-state index contributed by atoms with van der Waals surface area (Å²) in [6.07, 6.45) is 3.32. The molecular weight excluding hydrogens is 280 g/mol. The zero-order valence-electron chi connectivity index (χ0n) is 13.4. The van der Waals surface area contributed by atoms with Crippen LogP contribution in [0.1, 0.15) is 38.2 Å². The van der Waals surface area contributed by atoms with Gasteiger partial charge in [0.15, 0.2) is 0 Å². The summed E-state index contributed by atoms with van der Waals surface area (Å²) in [7, 11) is 1.64. The van der Waals surface area contributed by atoms with E-state index in [0.717, 1.165) is 37.1 Å². The molecule has 0 amide bonds. The molecular formula is C17H26N2O3. The maximum atomic E-state index is 11.6. The second kappa shape index (κ2) is 7.11. The van der Waals surface area contributed by atoms with Crippen molar-refractivity contribution in [2.24, 2.45) is 11.7 Å². The number of carbonyl (C=O) groups is 1. The van der Waals surface area contributed by atoms with Crippen LogP contribution in [0.15, 0.2) is 24.3 Å². The van der Waals surface area contributed by atoms with Crippen molar-refractivity contribution >= 4 is 5.97 Å². The Kier molecular flexibility index (Phi) is 5.42. The van der Waals surface area contributed by atoms with Crippen molar-refractivity contribution in [1.29, 1.82) is 0 Å². The number of carboxylic acids is 1. The van der Waals surface area contributed by atoms with E-state index in [4.69, 9.17) is 10.5 Å². The topological polar surface area (TPSA) is 75.8 Å². The van der Waals surface area contributed by atoms with Crippen molar-refractivity contribution in [2.45, 2.75) is 44.8 Å². The van der Waals surface area contributed by atoms with Gasteiger partial charge in [0.1, 0.15) is 5.75 Å². The second-order valence-electron chi connectivity index (χ2n) is 6.02. The zero-order chi connectivity index (χ0) is 16.2. The number of nitrogens with two attached hydrogens (primary N) is 1. The van der Waals surface area contributed by atoms with E-state index in [9.17, 15) is 9.90 Å². The van der Waals surface area contributed by atoms with Crippen LogP contribution in [0, 0.1) is 5.92 Å². The van der Waals surface area contributed by atoms with E-state index < -0.39 is 17.6 Å². The molecule has 5 heteroatoms. The number of piperidine rings is 1. The first-order valence-corrected chi connectivity index (χ1v) is 7.91.